The largest absolute Gasteiger partial charge is 0.350 e. The maximum Gasteiger partial charge on any atom is 0.239 e. The molecule has 2 aromatic rings. The van der Waals surface area contributed by atoms with Crippen LogP contribution in [0.4, 0.5) is 0 Å². The zero-order chi connectivity index (χ0) is 15.1. The van der Waals surface area contributed by atoms with Gasteiger partial charge in [0.15, 0.2) is 0 Å². The molecule has 0 aliphatic heterocycles. The molecule has 2 amide bonds. The SMILES string of the molecule is CC(=O)NCC(=O)NCc1ccccc1Cn1cncn1. The molecule has 0 atom stereocenters. The van der Waals surface area contributed by atoms with Gasteiger partial charge in [0, 0.05) is 13.5 Å². The summed E-state index contributed by atoms with van der Waals surface area (Å²) in [6.07, 6.45) is 3.13. The third kappa shape index (κ3) is 4.72. The van der Waals surface area contributed by atoms with Gasteiger partial charge in [-0.15, -0.1) is 0 Å². The minimum absolute atomic E-state index is 0.0133. The molecule has 0 fully saturated rings. The lowest BCUT2D eigenvalue weighted by atomic mass is 10.1. The van der Waals surface area contributed by atoms with Crippen molar-refractivity contribution in [2.45, 2.75) is 20.0 Å². The molecule has 0 saturated heterocycles. The highest BCUT2D eigenvalue weighted by atomic mass is 16.2. The lowest BCUT2D eigenvalue weighted by Gasteiger charge is -2.11. The number of amides is 2. The minimum atomic E-state index is -0.225. The molecular formula is C14H17N5O2. The van der Waals surface area contributed by atoms with Gasteiger partial charge in [-0.2, -0.15) is 5.10 Å². The summed E-state index contributed by atoms with van der Waals surface area (Å²) in [7, 11) is 0. The van der Waals surface area contributed by atoms with E-state index in [1.54, 1.807) is 11.0 Å². The molecule has 2 N–H and O–H groups in total. The van der Waals surface area contributed by atoms with E-state index >= 15 is 0 Å². The number of aromatic nitrogens is 3. The van der Waals surface area contributed by atoms with Crippen LogP contribution in [-0.2, 0) is 22.7 Å². The molecule has 0 radical (unpaired) electrons. The number of benzene rings is 1. The summed E-state index contributed by atoms with van der Waals surface area (Å²) >= 11 is 0. The molecule has 1 aromatic heterocycles. The summed E-state index contributed by atoms with van der Waals surface area (Å²) in [5, 5.41) is 9.30. The molecule has 2 rings (SSSR count). The summed E-state index contributed by atoms with van der Waals surface area (Å²) in [5.41, 5.74) is 2.06. The van der Waals surface area contributed by atoms with Crippen molar-refractivity contribution in [3.8, 4) is 0 Å². The molecule has 0 unspecified atom stereocenters. The van der Waals surface area contributed by atoms with Crippen LogP contribution in [0.5, 0.6) is 0 Å². The summed E-state index contributed by atoms with van der Waals surface area (Å²) in [6.45, 7) is 2.36. The fourth-order valence-corrected chi connectivity index (χ4v) is 1.83. The summed E-state index contributed by atoms with van der Waals surface area (Å²) in [5.74, 6) is -0.447. The second-order valence-electron chi connectivity index (χ2n) is 4.55. The second-order valence-corrected chi connectivity index (χ2v) is 4.55. The van der Waals surface area contributed by atoms with E-state index in [0.717, 1.165) is 11.1 Å². The molecule has 1 heterocycles. The molecule has 7 nitrogen and oxygen atoms in total. The molecule has 0 aliphatic carbocycles. The van der Waals surface area contributed by atoms with E-state index in [2.05, 4.69) is 20.7 Å². The number of rotatable bonds is 6. The third-order valence-electron chi connectivity index (χ3n) is 2.89. The van der Waals surface area contributed by atoms with Crippen molar-refractivity contribution in [1.29, 1.82) is 0 Å². The van der Waals surface area contributed by atoms with Gasteiger partial charge >= 0.3 is 0 Å². The van der Waals surface area contributed by atoms with Crippen LogP contribution >= 0.6 is 0 Å². The highest BCUT2D eigenvalue weighted by Gasteiger charge is 2.06. The van der Waals surface area contributed by atoms with Crippen LogP contribution in [0.25, 0.3) is 0 Å². The molecule has 0 spiro atoms. The molecule has 21 heavy (non-hydrogen) atoms. The summed E-state index contributed by atoms with van der Waals surface area (Å²) < 4.78 is 1.72. The van der Waals surface area contributed by atoms with Gasteiger partial charge in [-0.05, 0) is 11.1 Å². The van der Waals surface area contributed by atoms with E-state index < -0.39 is 0 Å². The Morgan fingerprint density at radius 1 is 1.19 bits per heavy atom. The molecule has 0 bridgehead atoms. The molecular weight excluding hydrogens is 270 g/mol. The van der Waals surface area contributed by atoms with Crippen LogP contribution in [0.2, 0.25) is 0 Å². The van der Waals surface area contributed by atoms with Gasteiger partial charge in [-0.25, -0.2) is 9.67 Å². The highest BCUT2D eigenvalue weighted by Crippen LogP contribution is 2.09. The van der Waals surface area contributed by atoms with Gasteiger partial charge in [0.25, 0.3) is 0 Å². The Labute approximate surface area is 122 Å². The fourth-order valence-electron chi connectivity index (χ4n) is 1.83. The first-order valence-corrected chi connectivity index (χ1v) is 6.55. The lowest BCUT2D eigenvalue weighted by molar-refractivity contribution is -0.125. The van der Waals surface area contributed by atoms with Gasteiger partial charge in [0.1, 0.15) is 12.7 Å². The third-order valence-corrected chi connectivity index (χ3v) is 2.89. The molecule has 0 aliphatic rings. The average Bonchev–Trinajstić information content (AvgIpc) is 2.97. The maximum atomic E-state index is 11.6. The number of carbonyl (C=O) groups excluding carboxylic acids is 2. The minimum Gasteiger partial charge on any atom is -0.350 e. The molecule has 1 aromatic carbocycles. The van der Waals surface area contributed by atoms with Gasteiger partial charge < -0.3 is 10.6 Å². The first-order chi connectivity index (χ1) is 10.1. The van der Waals surface area contributed by atoms with Gasteiger partial charge in [0.2, 0.25) is 11.8 Å². The van der Waals surface area contributed by atoms with Crippen LogP contribution in [0.15, 0.2) is 36.9 Å². The number of nitrogens with one attached hydrogen (secondary N) is 2. The Morgan fingerprint density at radius 3 is 2.62 bits per heavy atom. The Morgan fingerprint density at radius 2 is 1.95 bits per heavy atom. The molecule has 110 valence electrons. The normalized spacial score (nSPS) is 10.1. The zero-order valence-electron chi connectivity index (χ0n) is 11.7. The molecule has 7 heteroatoms. The Bertz CT molecular complexity index is 610. The summed E-state index contributed by atoms with van der Waals surface area (Å²) in [4.78, 5) is 26.2. The van der Waals surface area contributed by atoms with E-state index in [1.807, 2.05) is 24.3 Å². The topological polar surface area (TPSA) is 88.9 Å². The van der Waals surface area contributed by atoms with Gasteiger partial charge in [-0.3, -0.25) is 9.59 Å². The van der Waals surface area contributed by atoms with Crippen molar-refractivity contribution in [1.82, 2.24) is 25.4 Å². The monoisotopic (exact) mass is 287 g/mol. The van der Waals surface area contributed by atoms with Crippen molar-refractivity contribution in [3.63, 3.8) is 0 Å². The average molecular weight is 287 g/mol. The van der Waals surface area contributed by atoms with E-state index in [9.17, 15) is 9.59 Å². The predicted octanol–water partition coefficient (Wildman–Crippen LogP) is 0.0787. The Kier molecular flexibility index (Phi) is 5.03. The van der Waals surface area contributed by atoms with E-state index in [-0.39, 0.29) is 18.4 Å². The quantitative estimate of drug-likeness (QED) is 0.787. The Hall–Kier alpha value is -2.70. The first kappa shape index (κ1) is 14.7. The number of nitrogens with zero attached hydrogens (tertiary/aromatic N) is 3. The van der Waals surface area contributed by atoms with Crippen molar-refractivity contribution in [3.05, 3.63) is 48.0 Å². The smallest absolute Gasteiger partial charge is 0.239 e. The number of carbonyl (C=O) groups is 2. The predicted molar refractivity (Wildman–Crippen MR) is 76.1 cm³/mol. The first-order valence-electron chi connectivity index (χ1n) is 6.55. The van der Waals surface area contributed by atoms with Crippen LogP contribution in [0.1, 0.15) is 18.1 Å². The molecule has 0 saturated carbocycles. The summed E-state index contributed by atoms with van der Waals surface area (Å²) in [6, 6.07) is 7.79. The Balaban J connectivity index is 1.94. The van der Waals surface area contributed by atoms with Crippen molar-refractivity contribution in [2.24, 2.45) is 0 Å². The standard InChI is InChI=1S/C14H17N5O2/c1-11(20)16-7-14(21)17-6-12-4-2-3-5-13(12)8-19-10-15-9-18-19/h2-5,9-10H,6-8H2,1H3,(H,16,20)(H,17,21). The fraction of sp³-hybridized carbons (Fsp3) is 0.286. The van der Waals surface area contributed by atoms with E-state index in [0.29, 0.717) is 13.1 Å². The number of hydrogen-bond donors (Lipinski definition) is 2. The van der Waals surface area contributed by atoms with Gasteiger partial charge in [-0.1, -0.05) is 24.3 Å². The van der Waals surface area contributed by atoms with E-state index in [4.69, 9.17) is 0 Å². The van der Waals surface area contributed by atoms with Gasteiger partial charge in [0.05, 0.1) is 13.1 Å². The highest BCUT2D eigenvalue weighted by molar-refractivity contribution is 5.83. The van der Waals surface area contributed by atoms with Crippen LogP contribution in [-0.4, -0.2) is 33.1 Å². The van der Waals surface area contributed by atoms with Crippen LogP contribution in [0.3, 0.4) is 0 Å². The zero-order valence-corrected chi connectivity index (χ0v) is 11.7. The van der Waals surface area contributed by atoms with Crippen LogP contribution < -0.4 is 10.6 Å². The lowest BCUT2D eigenvalue weighted by Crippen LogP contribution is -2.35. The second kappa shape index (κ2) is 7.18. The van der Waals surface area contributed by atoms with Crippen molar-refractivity contribution < 1.29 is 9.59 Å². The van der Waals surface area contributed by atoms with Crippen molar-refractivity contribution in [2.75, 3.05) is 6.54 Å². The number of hydrogen-bond acceptors (Lipinski definition) is 4. The van der Waals surface area contributed by atoms with E-state index in [1.165, 1.54) is 13.3 Å². The van der Waals surface area contributed by atoms with Crippen molar-refractivity contribution >= 4 is 11.8 Å². The van der Waals surface area contributed by atoms with Crippen LogP contribution in [0, 0.1) is 0 Å². The maximum absolute atomic E-state index is 11.6.